The minimum absolute atomic E-state index is 0.480. The van der Waals surface area contributed by atoms with Crippen LogP contribution in [0.1, 0.15) is 17.2 Å². The molecule has 4 heteroatoms. The Balaban J connectivity index is 1.60. The quantitative estimate of drug-likeness (QED) is 0.690. The molecule has 130 valence electrons. The highest BCUT2D eigenvalue weighted by Gasteiger charge is 2.08. The number of nitrogens with one attached hydrogen (secondary N) is 1. The minimum atomic E-state index is -0.570. The van der Waals surface area contributed by atoms with Gasteiger partial charge in [-0.25, -0.2) is 0 Å². The summed E-state index contributed by atoms with van der Waals surface area (Å²) in [5.74, 6) is 1.61. The first-order valence-electron chi connectivity index (χ1n) is 8.29. The highest BCUT2D eigenvalue weighted by molar-refractivity contribution is 5.84. The number of benzene rings is 3. The zero-order valence-corrected chi connectivity index (χ0v) is 14.5. The predicted octanol–water partition coefficient (Wildman–Crippen LogP) is 3.68. The van der Waals surface area contributed by atoms with Crippen molar-refractivity contribution >= 4 is 10.8 Å². The monoisotopic (exact) mass is 337 g/mol. The minimum Gasteiger partial charge on any atom is -0.497 e. The molecule has 1 atom stereocenters. The van der Waals surface area contributed by atoms with E-state index in [0.717, 1.165) is 22.4 Å². The van der Waals surface area contributed by atoms with Gasteiger partial charge in [-0.3, -0.25) is 0 Å². The SMILES string of the molecule is COc1cccc(C(O)CNCc2ccc3cc(OC)ccc3c2)c1. The molecule has 0 fully saturated rings. The number of aliphatic hydroxyl groups is 1. The molecule has 0 radical (unpaired) electrons. The first kappa shape index (κ1) is 17.3. The summed E-state index contributed by atoms with van der Waals surface area (Å²) in [6.07, 6.45) is -0.570. The maximum atomic E-state index is 10.3. The summed E-state index contributed by atoms with van der Waals surface area (Å²) in [5, 5.41) is 16.0. The van der Waals surface area contributed by atoms with Gasteiger partial charge in [0.05, 0.1) is 20.3 Å². The van der Waals surface area contributed by atoms with Crippen molar-refractivity contribution in [2.24, 2.45) is 0 Å². The molecule has 0 aliphatic heterocycles. The molecule has 1 unspecified atom stereocenters. The fraction of sp³-hybridized carbons (Fsp3) is 0.238. The third-order valence-electron chi connectivity index (χ3n) is 4.26. The number of methoxy groups -OCH3 is 2. The molecule has 25 heavy (non-hydrogen) atoms. The zero-order valence-electron chi connectivity index (χ0n) is 14.5. The van der Waals surface area contributed by atoms with Crippen LogP contribution in [0.5, 0.6) is 11.5 Å². The Morgan fingerprint density at radius 2 is 1.60 bits per heavy atom. The average Bonchev–Trinajstić information content (AvgIpc) is 2.67. The Bertz CT molecular complexity index is 847. The molecule has 0 saturated heterocycles. The van der Waals surface area contributed by atoms with Gasteiger partial charge >= 0.3 is 0 Å². The summed E-state index contributed by atoms with van der Waals surface area (Å²) < 4.78 is 10.4. The Morgan fingerprint density at radius 3 is 2.40 bits per heavy atom. The molecular formula is C21H23NO3. The molecule has 2 N–H and O–H groups in total. The molecule has 3 aromatic carbocycles. The molecule has 0 aliphatic rings. The fourth-order valence-corrected chi connectivity index (χ4v) is 2.83. The van der Waals surface area contributed by atoms with Gasteiger partial charge in [0.15, 0.2) is 0 Å². The molecule has 0 spiro atoms. The van der Waals surface area contributed by atoms with E-state index < -0.39 is 6.10 Å². The van der Waals surface area contributed by atoms with Crippen molar-refractivity contribution < 1.29 is 14.6 Å². The Kier molecular flexibility index (Phi) is 5.53. The van der Waals surface area contributed by atoms with Crippen molar-refractivity contribution in [3.8, 4) is 11.5 Å². The van der Waals surface area contributed by atoms with E-state index in [-0.39, 0.29) is 0 Å². The molecular weight excluding hydrogens is 314 g/mol. The van der Waals surface area contributed by atoms with E-state index in [0.29, 0.717) is 13.1 Å². The van der Waals surface area contributed by atoms with Crippen LogP contribution in [0.4, 0.5) is 0 Å². The Hall–Kier alpha value is -2.56. The maximum Gasteiger partial charge on any atom is 0.119 e. The van der Waals surface area contributed by atoms with Crippen molar-refractivity contribution in [2.75, 3.05) is 20.8 Å². The summed E-state index contributed by atoms with van der Waals surface area (Å²) in [5.41, 5.74) is 2.02. The summed E-state index contributed by atoms with van der Waals surface area (Å²) >= 11 is 0. The average molecular weight is 337 g/mol. The molecule has 0 aliphatic carbocycles. The highest BCUT2D eigenvalue weighted by atomic mass is 16.5. The first-order chi connectivity index (χ1) is 12.2. The van der Waals surface area contributed by atoms with Crippen LogP contribution < -0.4 is 14.8 Å². The van der Waals surface area contributed by atoms with Gasteiger partial charge < -0.3 is 19.9 Å². The van der Waals surface area contributed by atoms with Crippen LogP contribution in [0.15, 0.2) is 60.7 Å². The lowest BCUT2D eigenvalue weighted by Gasteiger charge is -2.13. The van der Waals surface area contributed by atoms with Crippen LogP contribution in [-0.4, -0.2) is 25.9 Å². The van der Waals surface area contributed by atoms with Crippen LogP contribution in [0.25, 0.3) is 10.8 Å². The van der Waals surface area contributed by atoms with E-state index >= 15 is 0 Å². The predicted molar refractivity (Wildman–Crippen MR) is 100 cm³/mol. The molecule has 0 saturated carbocycles. The van der Waals surface area contributed by atoms with E-state index in [4.69, 9.17) is 9.47 Å². The van der Waals surface area contributed by atoms with Crippen LogP contribution in [-0.2, 0) is 6.54 Å². The number of ether oxygens (including phenoxy) is 2. The van der Waals surface area contributed by atoms with Gasteiger partial charge in [0, 0.05) is 13.1 Å². The number of hydrogen-bond donors (Lipinski definition) is 2. The second-order valence-electron chi connectivity index (χ2n) is 5.97. The van der Waals surface area contributed by atoms with E-state index in [1.165, 1.54) is 10.9 Å². The van der Waals surface area contributed by atoms with Gasteiger partial charge in [-0.15, -0.1) is 0 Å². The first-order valence-corrected chi connectivity index (χ1v) is 8.29. The zero-order chi connectivity index (χ0) is 17.6. The number of hydrogen-bond acceptors (Lipinski definition) is 4. The highest BCUT2D eigenvalue weighted by Crippen LogP contribution is 2.22. The number of fused-ring (bicyclic) bond motifs is 1. The van der Waals surface area contributed by atoms with Gasteiger partial charge in [-0.1, -0.05) is 30.3 Å². The largest absolute Gasteiger partial charge is 0.497 e. The van der Waals surface area contributed by atoms with Crippen LogP contribution in [0, 0.1) is 0 Å². The Labute approximate surface area is 148 Å². The van der Waals surface area contributed by atoms with Crippen molar-refractivity contribution in [1.82, 2.24) is 5.32 Å². The third kappa shape index (κ3) is 4.29. The second kappa shape index (κ2) is 8.01. The topological polar surface area (TPSA) is 50.7 Å². The smallest absolute Gasteiger partial charge is 0.119 e. The summed E-state index contributed by atoms with van der Waals surface area (Å²) in [6, 6.07) is 19.9. The van der Waals surface area contributed by atoms with E-state index in [9.17, 15) is 5.11 Å². The summed E-state index contributed by atoms with van der Waals surface area (Å²) in [6.45, 7) is 1.18. The Morgan fingerprint density at radius 1 is 0.880 bits per heavy atom. The number of aliphatic hydroxyl groups excluding tert-OH is 1. The van der Waals surface area contributed by atoms with Crippen molar-refractivity contribution in [1.29, 1.82) is 0 Å². The van der Waals surface area contributed by atoms with Gasteiger partial charge in [-0.2, -0.15) is 0 Å². The van der Waals surface area contributed by atoms with Gasteiger partial charge in [-0.05, 0) is 52.2 Å². The van der Waals surface area contributed by atoms with E-state index in [1.54, 1.807) is 14.2 Å². The van der Waals surface area contributed by atoms with Crippen LogP contribution in [0.3, 0.4) is 0 Å². The van der Waals surface area contributed by atoms with Crippen molar-refractivity contribution in [2.45, 2.75) is 12.6 Å². The molecule has 0 aromatic heterocycles. The van der Waals surface area contributed by atoms with Crippen molar-refractivity contribution in [3.63, 3.8) is 0 Å². The summed E-state index contributed by atoms with van der Waals surface area (Å²) in [4.78, 5) is 0. The van der Waals surface area contributed by atoms with E-state index in [1.807, 2.05) is 36.4 Å². The van der Waals surface area contributed by atoms with Crippen molar-refractivity contribution in [3.05, 3.63) is 71.8 Å². The van der Waals surface area contributed by atoms with E-state index in [2.05, 4.69) is 29.6 Å². The lowest BCUT2D eigenvalue weighted by atomic mass is 10.1. The standard InChI is InChI=1S/C21H23NO3/c1-24-19-5-3-4-18(12-19)21(23)14-22-13-15-6-7-17-11-20(25-2)9-8-16(17)10-15/h3-12,21-23H,13-14H2,1-2H3. The molecule has 0 bridgehead atoms. The second-order valence-corrected chi connectivity index (χ2v) is 5.97. The number of rotatable bonds is 7. The lowest BCUT2D eigenvalue weighted by molar-refractivity contribution is 0.174. The lowest BCUT2D eigenvalue weighted by Crippen LogP contribution is -2.21. The molecule has 3 rings (SSSR count). The van der Waals surface area contributed by atoms with Gasteiger partial charge in [0.25, 0.3) is 0 Å². The molecule has 0 heterocycles. The fourth-order valence-electron chi connectivity index (χ4n) is 2.83. The van der Waals surface area contributed by atoms with Gasteiger partial charge in [0.2, 0.25) is 0 Å². The molecule has 3 aromatic rings. The summed E-state index contributed by atoms with van der Waals surface area (Å²) in [7, 11) is 3.30. The third-order valence-corrected chi connectivity index (χ3v) is 4.26. The molecule has 0 amide bonds. The van der Waals surface area contributed by atoms with Crippen LogP contribution in [0.2, 0.25) is 0 Å². The molecule has 4 nitrogen and oxygen atoms in total. The normalized spacial score (nSPS) is 12.1. The van der Waals surface area contributed by atoms with Crippen LogP contribution >= 0.6 is 0 Å². The maximum absolute atomic E-state index is 10.3. The van der Waals surface area contributed by atoms with Gasteiger partial charge in [0.1, 0.15) is 11.5 Å².